The molecule has 2 N–H and O–H groups in total. The third-order valence-electron chi connectivity index (χ3n) is 1.29. The van der Waals surface area contributed by atoms with Gasteiger partial charge in [-0.25, -0.2) is 0 Å². The van der Waals surface area contributed by atoms with Crippen molar-refractivity contribution in [1.29, 1.82) is 0 Å². The lowest BCUT2D eigenvalue weighted by atomic mass is 10.5. The van der Waals surface area contributed by atoms with Crippen LogP contribution in [-0.4, -0.2) is 17.9 Å². The molecule has 0 spiro atoms. The lowest BCUT2D eigenvalue weighted by Gasteiger charge is -2.01. The molecule has 0 radical (unpaired) electrons. The van der Waals surface area contributed by atoms with Crippen LogP contribution in [0, 0.1) is 0 Å². The molecule has 0 atom stereocenters. The molecule has 0 saturated heterocycles. The van der Waals surface area contributed by atoms with Gasteiger partial charge >= 0.3 is 0 Å². The number of hydrogen-bond donors (Lipinski definition) is 2. The average molecular weight is 292 g/mol. The fourth-order valence-electron chi connectivity index (χ4n) is 0.752. The summed E-state index contributed by atoms with van der Waals surface area (Å²) in [5.41, 5.74) is 2.72. The smallest absolute Gasteiger partial charge is 0.186 e. The number of hydrogen-bond acceptors (Lipinski definition) is 3. The maximum absolute atomic E-state index is 4.93. The molecule has 0 aliphatic heterocycles. The molecule has 76 valence electrons. The van der Waals surface area contributed by atoms with E-state index >= 15 is 0 Å². The van der Waals surface area contributed by atoms with E-state index in [4.69, 9.17) is 12.2 Å². The van der Waals surface area contributed by atoms with E-state index in [2.05, 4.69) is 31.8 Å². The largest absolute Gasteiger partial charge is 0.362 e. The van der Waals surface area contributed by atoms with Crippen LogP contribution in [0.5, 0.6) is 0 Å². The van der Waals surface area contributed by atoms with E-state index in [1.54, 1.807) is 17.6 Å². The Morgan fingerprint density at radius 3 is 3.07 bits per heavy atom. The number of thiophene rings is 1. The molecule has 0 amide bonds. The van der Waals surface area contributed by atoms with Gasteiger partial charge in [0.15, 0.2) is 5.11 Å². The van der Waals surface area contributed by atoms with Crippen LogP contribution in [0.2, 0.25) is 0 Å². The second-order valence-corrected chi connectivity index (χ2v) is 5.27. The van der Waals surface area contributed by atoms with Crippen LogP contribution in [0.3, 0.4) is 0 Å². The maximum Gasteiger partial charge on any atom is 0.186 e. The molecule has 3 nitrogen and oxygen atoms in total. The van der Waals surface area contributed by atoms with Crippen molar-refractivity contribution >= 4 is 50.8 Å². The molecule has 0 bridgehead atoms. The fourth-order valence-corrected chi connectivity index (χ4v) is 2.24. The number of rotatable bonds is 3. The monoisotopic (exact) mass is 291 g/mol. The Bertz CT molecular complexity index is 335. The summed E-state index contributed by atoms with van der Waals surface area (Å²) < 4.78 is 1.09. The summed E-state index contributed by atoms with van der Waals surface area (Å²) in [5.74, 6) is 0. The fraction of sp³-hybridized carbons (Fsp3) is 0.250. The van der Waals surface area contributed by atoms with Gasteiger partial charge in [0.1, 0.15) is 0 Å². The Balaban J connectivity index is 2.37. The summed E-state index contributed by atoms with van der Waals surface area (Å²) >= 11 is 9.92. The Labute approximate surface area is 101 Å². The topological polar surface area (TPSA) is 36.4 Å². The minimum atomic E-state index is 0.541. The van der Waals surface area contributed by atoms with Gasteiger partial charge in [0, 0.05) is 11.4 Å². The van der Waals surface area contributed by atoms with Crippen molar-refractivity contribution in [3.8, 4) is 0 Å². The van der Waals surface area contributed by atoms with E-state index in [-0.39, 0.29) is 0 Å². The van der Waals surface area contributed by atoms with Crippen molar-refractivity contribution in [2.24, 2.45) is 5.10 Å². The number of thiocarbonyl (C=S) groups is 1. The van der Waals surface area contributed by atoms with Crippen LogP contribution in [0.25, 0.3) is 0 Å². The molecule has 14 heavy (non-hydrogen) atoms. The molecule has 0 fully saturated rings. The van der Waals surface area contributed by atoms with E-state index in [0.717, 1.165) is 15.2 Å². The van der Waals surface area contributed by atoms with Crippen molar-refractivity contribution in [1.82, 2.24) is 10.7 Å². The first kappa shape index (κ1) is 11.6. The molecule has 0 saturated carbocycles. The summed E-state index contributed by atoms with van der Waals surface area (Å²) in [5, 5.41) is 7.46. The van der Waals surface area contributed by atoms with Crippen LogP contribution in [0.1, 0.15) is 11.8 Å². The number of nitrogens with zero attached hydrogens (tertiary/aromatic N) is 1. The normalized spacial score (nSPS) is 10.4. The molecule has 1 rings (SSSR count). The van der Waals surface area contributed by atoms with Crippen LogP contribution in [0.15, 0.2) is 21.0 Å². The highest BCUT2D eigenvalue weighted by molar-refractivity contribution is 9.11. The number of halogens is 1. The highest BCUT2D eigenvalue weighted by Crippen LogP contribution is 2.20. The first-order valence-electron chi connectivity index (χ1n) is 4.04. The molecule has 1 aromatic heterocycles. The van der Waals surface area contributed by atoms with Gasteiger partial charge in [-0.3, -0.25) is 5.43 Å². The number of nitrogens with one attached hydrogen (secondary N) is 2. The third kappa shape index (κ3) is 4.17. The molecule has 0 aliphatic carbocycles. The van der Waals surface area contributed by atoms with Crippen LogP contribution in [0.4, 0.5) is 0 Å². The minimum absolute atomic E-state index is 0.541. The van der Waals surface area contributed by atoms with Crippen molar-refractivity contribution in [3.05, 3.63) is 20.8 Å². The van der Waals surface area contributed by atoms with Gasteiger partial charge in [-0.05, 0) is 47.2 Å². The molecule has 1 heterocycles. The third-order valence-corrected chi connectivity index (χ3v) is 3.08. The molecular weight excluding hydrogens is 282 g/mol. The van der Waals surface area contributed by atoms with E-state index in [1.165, 1.54) is 0 Å². The molecule has 0 aliphatic rings. The summed E-state index contributed by atoms with van der Waals surface area (Å²) in [7, 11) is 0. The van der Waals surface area contributed by atoms with Gasteiger partial charge < -0.3 is 5.32 Å². The molecule has 1 aromatic rings. The Morgan fingerprint density at radius 1 is 1.71 bits per heavy atom. The first-order valence-corrected chi connectivity index (χ1v) is 6.06. The highest BCUT2D eigenvalue weighted by Gasteiger charge is 1.93. The summed E-state index contributed by atoms with van der Waals surface area (Å²) in [6.45, 7) is 2.78. The van der Waals surface area contributed by atoms with Crippen molar-refractivity contribution < 1.29 is 0 Å². The zero-order valence-corrected chi connectivity index (χ0v) is 10.8. The van der Waals surface area contributed by atoms with Crippen molar-refractivity contribution in [2.75, 3.05) is 6.54 Å². The van der Waals surface area contributed by atoms with Gasteiger partial charge in [0.25, 0.3) is 0 Å². The second-order valence-electron chi connectivity index (χ2n) is 2.37. The Kier molecular flexibility index (Phi) is 5.06. The van der Waals surface area contributed by atoms with E-state index in [1.807, 2.05) is 19.1 Å². The summed E-state index contributed by atoms with van der Waals surface area (Å²) in [6, 6.07) is 3.96. The number of hydrazone groups is 1. The highest BCUT2D eigenvalue weighted by atomic mass is 79.9. The Hall–Kier alpha value is -0.460. The first-order chi connectivity index (χ1) is 6.72. The standard InChI is InChI=1S/C8H10BrN3S2/c1-2-10-8(13)12-11-5-6-3-4-7(9)14-6/h3-5H,2H2,1H3,(H2,10,12,13). The van der Waals surface area contributed by atoms with E-state index in [9.17, 15) is 0 Å². The zero-order valence-electron chi connectivity index (χ0n) is 7.58. The van der Waals surface area contributed by atoms with Gasteiger partial charge in [-0.1, -0.05) is 0 Å². The second kappa shape index (κ2) is 6.10. The summed E-state index contributed by atoms with van der Waals surface area (Å²) in [4.78, 5) is 1.07. The zero-order chi connectivity index (χ0) is 10.4. The van der Waals surface area contributed by atoms with Crippen LogP contribution < -0.4 is 10.7 Å². The SMILES string of the molecule is CCNC(=S)NN=Cc1ccc(Br)s1. The van der Waals surface area contributed by atoms with Crippen molar-refractivity contribution in [2.45, 2.75) is 6.92 Å². The molecule has 0 aromatic carbocycles. The van der Waals surface area contributed by atoms with Gasteiger partial charge in [-0.2, -0.15) is 5.10 Å². The molecule has 6 heteroatoms. The maximum atomic E-state index is 4.93. The summed E-state index contributed by atoms with van der Waals surface area (Å²) in [6.07, 6.45) is 1.74. The molecular formula is C8H10BrN3S2. The van der Waals surface area contributed by atoms with E-state index < -0.39 is 0 Å². The minimum Gasteiger partial charge on any atom is -0.362 e. The average Bonchev–Trinajstić information content (AvgIpc) is 2.52. The lowest BCUT2D eigenvalue weighted by molar-refractivity contribution is 0.904. The van der Waals surface area contributed by atoms with Gasteiger partial charge in [0.2, 0.25) is 0 Å². The van der Waals surface area contributed by atoms with Crippen molar-refractivity contribution in [3.63, 3.8) is 0 Å². The van der Waals surface area contributed by atoms with Gasteiger partial charge in [0.05, 0.1) is 10.0 Å². The quantitative estimate of drug-likeness (QED) is 0.510. The van der Waals surface area contributed by atoms with Crippen LogP contribution in [-0.2, 0) is 0 Å². The van der Waals surface area contributed by atoms with E-state index in [0.29, 0.717) is 5.11 Å². The molecule has 0 unspecified atom stereocenters. The Morgan fingerprint density at radius 2 is 2.50 bits per heavy atom. The predicted molar refractivity (Wildman–Crippen MR) is 69.0 cm³/mol. The predicted octanol–water partition coefficient (Wildman–Crippen LogP) is 2.33. The van der Waals surface area contributed by atoms with Crippen LogP contribution >= 0.6 is 39.5 Å². The lowest BCUT2D eigenvalue weighted by Crippen LogP contribution is -2.31. The van der Waals surface area contributed by atoms with Gasteiger partial charge in [-0.15, -0.1) is 11.3 Å².